The van der Waals surface area contributed by atoms with Crippen molar-refractivity contribution < 1.29 is 9.53 Å². The number of hydrogen-bond acceptors (Lipinski definition) is 5. The number of benzene rings is 2. The predicted molar refractivity (Wildman–Crippen MR) is 139 cm³/mol. The van der Waals surface area contributed by atoms with Crippen LogP contribution in [0, 0.1) is 0 Å². The first-order chi connectivity index (χ1) is 17.1. The van der Waals surface area contributed by atoms with Gasteiger partial charge in [0.15, 0.2) is 0 Å². The highest BCUT2D eigenvalue weighted by atomic mass is 35.5. The molecule has 1 fully saturated rings. The van der Waals surface area contributed by atoms with Gasteiger partial charge in [-0.05, 0) is 42.5 Å². The lowest BCUT2D eigenvalue weighted by Crippen LogP contribution is -2.36. The minimum absolute atomic E-state index is 0.365. The van der Waals surface area contributed by atoms with Crippen LogP contribution in [0.25, 0.3) is 22.5 Å². The van der Waals surface area contributed by atoms with Crippen LogP contribution in [-0.2, 0) is 4.74 Å². The number of urea groups is 1. The molecule has 1 aliphatic heterocycles. The summed E-state index contributed by atoms with van der Waals surface area (Å²) in [6, 6.07) is 15.9. The van der Waals surface area contributed by atoms with Crippen LogP contribution < -0.4 is 15.5 Å². The molecular weight excluding hydrogens is 487 g/mol. The quantitative estimate of drug-likeness (QED) is 0.310. The normalized spacial score (nSPS) is 13.5. The number of H-pyrrole nitrogens is 1. The van der Waals surface area contributed by atoms with E-state index in [0.29, 0.717) is 34.6 Å². The van der Waals surface area contributed by atoms with Crippen molar-refractivity contribution >= 4 is 46.6 Å². The molecule has 0 radical (unpaired) electrons. The summed E-state index contributed by atoms with van der Waals surface area (Å²) in [6.45, 7) is 2.85. The van der Waals surface area contributed by atoms with Gasteiger partial charge in [-0.15, -0.1) is 0 Å². The van der Waals surface area contributed by atoms with Gasteiger partial charge in [-0.2, -0.15) is 0 Å². The molecule has 2 amide bonds. The number of amides is 2. The van der Waals surface area contributed by atoms with Crippen molar-refractivity contribution in [1.29, 1.82) is 0 Å². The van der Waals surface area contributed by atoms with Gasteiger partial charge in [-0.25, -0.2) is 9.78 Å². The second kappa shape index (κ2) is 10.4. The number of ether oxygens (including phenoxy) is 1. The van der Waals surface area contributed by atoms with Crippen LogP contribution in [-0.4, -0.2) is 47.3 Å². The smallest absolute Gasteiger partial charge is 0.323 e. The number of hydrogen-bond donors (Lipinski definition) is 3. The Hall–Kier alpha value is -3.59. The van der Waals surface area contributed by atoms with Crippen LogP contribution in [0.2, 0.25) is 10.0 Å². The molecule has 0 aliphatic carbocycles. The number of carbonyl (C=O) groups is 1. The van der Waals surface area contributed by atoms with Gasteiger partial charge in [-0.1, -0.05) is 35.3 Å². The van der Waals surface area contributed by atoms with Crippen LogP contribution in [0.4, 0.5) is 22.1 Å². The highest BCUT2D eigenvalue weighted by Crippen LogP contribution is 2.33. The Labute approximate surface area is 212 Å². The molecule has 178 valence electrons. The molecule has 2 aromatic carbocycles. The number of aromatic nitrogens is 3. The number of rotatable bonds is 5. The zero-order valence-corrected chi connectivity index (χ0v) is 20.1. The van der Waals surface area contributed by atoms with E-state index in [1.807, 2.05) is 36.4 Å². The number of aromatic amines is 1. The molecule has 0 saturated carbocycles. The Morgan fingerprint density at radius 1 is 0.914 bits per heavy atom. The van der Waals surface area contributed by atoms with E-state index in [9.17, 15) is 4.79 Å². The topological polar surface area (TPSA) is 95.2 Å². The van der Waals surface area contributed by atoms with Gasteiger partial charge >= 0.3 is 6.03 Å². The Kier molecular flexibility index (Phi) is 6.85. The highest BCUT2D eigenvalue weighted by Gasteiger charge is 2.20. The molecule has 0 unspecified atom stereocenters. The third-order valence-electron chi connectivity index (χ3n) is 5.54. The second-order valence-corrected chi connectivity index (χ2v) is 8.72. The van der Waals surface area contributed by atoms with Crippen molar-refractivity contribution in [1.82, 2.24) is 15.0 Å². The van der Waals surface area contributed by atoms with Crippen LogP contribution >= 0.6 is 23.2 Å². The third-order valence-corrected chi connectivity index (χ3v) is 6.28. The molecule has 1 aliphatic rings. The maximum atomic E-state index is 12.6. The molecule has 5 rings (SSSR count). The fraction of sp³-hybridized carbons (Fsp3) is 0.160. The molecule has 10 heteroatoms. The van der Waals surface area contributed by atoms with E-state index in [1.54, 1.807) is 30.6 Å². The molecule has 4 aromatic rings. The van der Waals surface area contributed by atoms with Gasteiger partial charge in [0.25, 0.3) is 0 Å². The Morgan fingerprint density at radius 2 is 1.66 bits per heavy atom. The van der Waals surface area contributed by atoms with Gasteiger partial charge in [-0.3, -0.25) is 4.98 Å². The predicted octanol–water partition coefficient (Wildman–Crippen LogP) is 5.93. The molecule has 3 N–H and O–H groups in total. The molecule has 0 atom stereocenters. The second-order valence-electron chi connectivity index (χ2n) is 7.91. The fourth-order valence-electron chi connectivity index (χ4n) is 3.83. The monoisotopic (exact) mass is 508 g/mol. The summed E-state index contributed by atoms with van der Waals surface area (Å²) in [5, 5.41) is 6.41. The van der Waals surface area contributed by atoms with Gasteiger partial charge in [0.05, 0.1) is 34.6 Å². The lowest BCUT2D eigenvalue weighted by atomic mass is 10.1. The van der Waals surface area contributed by atoms with Crippen molar-refractivity contribution in [2.45, 2.75) is 0 Å². The molecule has 1 saturated heterocycles. The maximum Gasteiger partial charge on any atom is 0.323 e. The largest absolute Gasteiger partial charge is 0.378 e. The number of imidazole rings is 1. The molecule has 2 aromatic heterocycles. The highest BCUT2D eigenvalue weighted by molar-refractivity contribution is 6.42. The minimum Gasteiger partial charge on any atom is -0.378 e. The van der Waals surface area contributed by atoms with E-state index in [-0.39, 0.29) is 0 Å². The van der Waals surface area contributed by atoms with E-state index in [0.717, 1.165) is 41.6 Å². The van der Waals surface area contributed by atoms with Crippen molar-refractivity contribution in [2.75, 3.05) is 41.8 Å². The maximum absolute atomic E-state index is 12.6. The van der Waals surface area contributed by atoms with E-state index in [2.05, 4.69) is 25.5 Å². The molecule has 8 nitrogen and oxygen atoms in total. The van der Waals surface area contributed by atoms with Crippen LogP contribution in [0.3, 0.4) is 0 Å². The summed E-state index contributed by atoms with van der Waals surface area (Å²) in [5.41, 5.74) is 4.65. The Balaban J connectivity index is 1.42. The number of nitrogens with zero attached hydrogens (tertiary/aromatic N) is 3. The fourth-order valence-corrected chi connectivity index (χ4v) is 4.13. The number of halogens is 2. The van der Waals surface area contributed by atoms with Crippen molar-refractivity contribution in [2.24, 2.45) is 0 Å². The lowest BCUT2D eigenvalue weighted by molar-refractivity contribution is 0.122. The summed E-state index contributed by atoms with van der Waals surface area (Å²) in [5.74, 6) is 0.783. The SMILES string of the molecule is O=C(Nc1cccc(-c2nc(N3CCOCC3)[nH]c2-c2ccncc2)c1)Nc1ccc(Cl)c(Cl)c1. The zero-order valence-electron chi connectivity index (χ0n) is 18.6. The zero-order chi connectivity index (χ0) is 24.2. The summed E-state index contributed by atoms with van der Waals surface area (Å²) >= 11 is 12.0. The summed E-state index contributed by atoms with van der Waals surface area (Å²) in [7, 11) is 0. The van der Waals surface area contributed by atoms with E-state index in [4.69, 9.17) is 32.9 Å². The number of anilines is 3. The first-order valence-corrected chi connectivity index (χ1v) is 11.8. The molecular formula is C25H22Cl2N6O2. The number of pyridine rings is 1. The minimum atomic E-state index is -0.397. The molecule has 0 spiro atoms. The van der Waals surface area contributed by atoms with Crippen molar-refractivity contribution in [3.63, 3.8) is 0 Å². The van der Waals surface area contributed by atoms with Crippen molar-refractivity contribution in [3.05, 3.63) is 77.0 Å². The number of morpholine rings is 1. The third kappa shape index (κ3) is 5.40. The average molecular weight is 509 g/mol. The van der Waals surface area contributed by atoms with Crippen molar-refractivity contribution in [3.8, 4) is 22.5 Å². The number of nitrogens with one attached hydrogen (secondary N) is 3. The Bertz CT molecular complexity index is 1340. The first-order valence-electron chi connectivity index (χ1n) is 11.0. The standard InChI is InChI=1S/C25H22Cl2N6O2/c26-20-5-4-19(15-21(20)27)30-25(34)29-18-3-1-2-17(14-18)23-22(16-6-8-28-9-7-16)31-24(32-23)33-10-12-35-13-11-33/h1-9,14-15H,10-13H2,(H,31,32)(H2,29,30,34). The van der Waals surface area contributed by atoms with Gasteiger partial charge < -0.3 is 25.3 Å². The first kappa shape index (κ1) is 23.2. The van der Waals surface area contributed by atoms with Crippen LogP contribution in [0.1, 0.15) is 0 Å². The van der Waals surface area contributed by atoms with Gasteiger partial charge in [0, 0.05) is 48.0 Å². The van der Waals surface area contributed by atoms with E-state index in [1.165, 1.54) is 0 Å². The molecule has 3 heterocycles. The van der Waals surface area contributed by atoms with E-state index < -0.39 is 6.03 Å². The summed E-state index contributed by atoms with van der Waals surface area (Å²) in [4.78, 5) is 27.3. The lowest BCUT2D eigenvalue weighted by Gasteiger charge is -2.26. The molecule has 35 heavy (non-hydrogen) atoms. The van der Waals surface area contributed by atoms with Crippen LogP contribution in [0.5, 0.6) is 0 Å². The summed E-state index contributed by atoms with van der Waals surface area (Å²) in [6.07, 6.45) is 3.50. The number of carbonyl (C=O) groups excluding carboxylic acids is 1. The van der Waals surface area contributed by atoms with Gasteiger partial charge in [0.2, 0.25) is 5.95 Å². The van der Waals surface area contributed by atoms with Gasteiger partial charge in [0.1, 0.15) is 0 Å². The van der Waals surface area contributed by atoms with E-state index >= 15 is 0 Å². The average Bonchev–Trinajstić information content (AvgIpc) is 3.33. The summed E-state index contributed by atoms with van der Waals surface area (Å²) < 4.78 is 5.48. The Morgan fingerprint density at radius 3 is 2.40 bits per heavy atom. The van der Waals surface area contributed by atoms with Crippen LogP contribution in [0.15, 0.2) is 67.0 Å². The molecule has 0 bridgehead atoms.